The van der Waals surface area contributed by atoms with Crippen LogP contribution >= 0.6 is 22.9 Å². The van der Waals surface area contributed by atoms with Gasteiger partial charge >= 0.3 is 0 Å². The summed E-state index contributed by atoms with van der Waals surface area (Å²) < 4.78 is 5.87. The van der Waals surface area contributed by atoms with Crippen molar-refractivity contribution in [2.45, 2.75) is 39.5 Å². The van der Waals surface area contributed by atoms with E-state index in [1.165, 1.54) is 16.9 Å². The minimum absolute atomic E-state index is 0.276. The van der Waals surface area contributed by atoms with Crippen LogP contribution in [-0.4, -0.2) is 16.6 Å². The molecule has 1 aliphatic rings. The monoisotopic (exact) mass is 387 g/mol. The first-order valence-corrected chi connectivity index (χ1v) is 10.3. The molecule has 1 unspecified atom stereocenters. The Hall–Kier alpha value is -1.85. The van der Waals surface area contributed by atoms with E-state index in [1.54, 1.807) is 11.3 Å². The van der Waals surface area contributed by atoms with Gasteiger partial charge in [-0.1, -0.05) is 26.0 Å². The molecule has 1 atom stereocenters. The number of para-hydroxylation sites is 2. The smallest absolute Gasteiger partial charge is 0.225 e. The first-order valence-electron chi connectivity index (χ1n) is 9.12. The molecule has 0 bridgehead atoms. The van der Waals surface area contributed by atoms with Crippen LogP contribution in [0.2, 0.25) is 5.28 Å². The van der Waals surface area contributed by atoms with Gasteiger partial charge in [0.25, 0.3) is 0 Å². The lowest BCUT2D eigenvalue weighted by molar-refractivity contribution is 0.319. The number of fused-ring (bicyclic) bond motifs is 3. The Morgan fingerprint density at radius 3 is 3.00 bits per heavy atom. The van der Waals surface area contributed by atoms with Crippen molar-refractivity contribution >= 4 is 44.7 Å². The molecule has 0 radical (unpaired) electrons. The Morgan fingerprint density at radius 1 is 1.31 bits per heavy atom. The van der Waals surface area contributed by atoms with E-state index < -0.39 is 0 Å². The number of anilines is 2. The lowest BCUT2D eigenvalue weighted by Gasteiger charge is -2.18. The predicted octanol–water partition coefficient (Wildman–Crippen LogP) is 6.00. The number of thiophene rings is 1. The number of aromatic nitrogens is 2. The Morgan fingerprint density at radius 2 is 2.15 bits per heavy atom. The third kappa shape index (κ3) is 3.38. The van der Waals surface area contributed by atoms with Crippen molar-refractivity contribution in [3.8, 4) is 5.75 Å². The maximum absolute atomic E-state index is 6.22. The molecule has 1 N–H and O–H groups in total. The molecule has 26 heavy (non-hydrogen) atoms. The second-order valence-electron chi connectivity index (χ2n) is 6.84. The lowest BCUT2D eigenvalue weighted by Crippen LogP contribution is -2.09. The van der Waals surface area contributed by atoms with Crippen molar-refractivity contribution in [3.05, 3.63) is 40.0 Å². The van der Waals surface area contributed by atoms with Gasteiger partial charge in [0, 0.05) is 4.88 Å². The van der Waals surface area contributed by atoms with E-state index in [1.807, 2.05) is 24.3 Å². The van der Waals surface area contributed by atoms with Gasteiger partial charge in [0.1, 0.15) is 16.4 Å². The molecule has 1 aliphatic carbocycles. The molecule has 0 aliphatic heterocycles. The van der Waals surface area contributed by atoms with Gasteiger partial charge in [-0.05, 0) is 60.9 Å². The highest BCUT2D eigenvalue weighted by atomic mass is 35.5. The summed E-state index contributed by atoms with van der Waals surface area (Å²) in [5.41, 5.74) is 2.29. The average molecular weight is 388 g/mol. The van der Waals surface area contributed by atoms with Crippen molar-refractivity contribution in [2.24, 2.45) is 5.92 Å². The van der Waals surface area contributed by atoms with Gasteiger partial charge in [0.05, 0.1) is 17.7 Å². The molecule has 136 valence electrons. The molecular weight excluding hydrogens is 366 g/mol. The largest absolute Gasteiger partial charge is 0.491 e. The third-order valence-electron chi connectivity index (χ3n) is 4.73. The quantitative estimate of drug-likeness (QED) is 0.545. The second kappa shape index (κ2) is 7.41. The zero-order valence-electron chi connectivity index (χ0n) is 15.0. The number of ether oxygens (including phenoxy) is 1. The second-order valence-corrected chi connectivity index (χ2v) is 8.26. The molecule has 0 spiro atoms. The van der Waals surface area contributed by atoms with E-state index >= 15 is 0 Å². The number of rotatable bonds is 5. The highest BCUT2D eigenvalue weighted by Gasteiger charge is 2.24. The average Bonchev–Trinajstić information content (AvgIpc) is 2.98. The van der Waals surface area contributed by atoms with Gasteiger partial charge in [-0.25, -0.2) is 4.98 Å². The normalized spacial score (nSPS) is 16.5. The fraction of sp³-hybridized carbons (Fsp3) is 0.400. The van der Waals surface area contributed by atoms with E-state index in [-0.39, 0.29) is 5.28 Å². The van der Waals surface area contributed by atoms with Crippen molar-refractivity contribution in [3.63, 3.8) is 0 Å². The fourth-order valence-corrected chi connectivity index (χ4v) is 5.04. The fourth-order valence-electron chi connectivity index (χ4n) is 3.44. The molecule has 2 aromatic heterocycles. The van der Waals surface area contributed by atoms with Crippen LogP contribution in [0.25, 0.3) is 10.2 Å². The van der Waals surface area contributed by atoms with E-state index in [4.69, 9.17) is 16.3 Å². The number of nitrogens with zero attached hydrogens (tertiary/aromatic N) is 2. The predicted molar refractivity (Wildman–Crippen MR) is 109 cm³/mol. The van der Waals surface area contributed by atoms with Crippen LogP contribution in [0.15, 0.2) is 24.3 Å². The number of benzene rings is 1. The van der Waals surface area contributed by atoms with Crippen LogP contribution in [0.1, 0.15) is 37.1 Å². The Balaban J connectivity index is 1.78. The van der Waals surface area contributed by atoms with E-state index in [0.717, 1.165) is 52.7 Å². The van der Waals surface area contributed by atoms with Gasteiger partial charge < -0.3 is 10.1 Å². The van der Waals surface area contributed by atoms with Crippen LogP contribution in [0.5, 0.6) is 5.75 Å². The van der Waals surface area contributed by atoms with E-state index in [2.05, 4.69) is 29.1 Å². The summed E-state index contributed by atoms with van der Waals surface area (Å²) in [5.74, 6) is 2.33. The minimum atomic E-state index is 0.276. The molecular formula is C20H22ClN3OS. The standard InChI is InChI=1S/C20H22ClN3OS/c1-3-10-25-15-7-5-4-6-14(15)22-18-17-13-9-8-12(2)11-16(13)26-19(17)24-20(21)23-18/h4-7,12H,3,8-11H2,1-2H3,(H,22,23,24). The molecule has 1 aromatic carbocycles. The number of hydrogen-bond acceptors (Lipinski definition) is 5. The van der Waals surface area contributed by atoms with Crippen molar-refractivity contribution < 1.29 is 4.74 Å². The molecule has 4 rings (SSSR count). The Bertz CT molecular complexity index is 940. The third-order valence-corrected chi connectivity index (χ3v) is 6.05. The SMILES string of the molecule is CCCOc1ccccc1Nc1nc(Cl)nc2sc3c(c12)CCC(C)C3. The van der Waals surface area contributed by atoms with Crippen LogP contribution in [-0.2, 0) is 12.8 Å². The Kier molecular flexibility index (Phi) is 5.00. The summed E-state index contributed by atoms with van der Waals surface area (Å²) in [7, 11) is 0. The first kappa shape index (κ1) is 17.6. The van der Waals surface area contributed by atoms with Crippen LogP contribution in [0.4, 0.5) is 11.5 Å². The lowest BCUT2D eigenvalue weighted by atomic mass is 9.89. The number of aryl methyl sites for hydroxylation is 1. The van der Waals surface area contributed by atoms with Gasteiger partial charge in [0.15, 0.2) is 0 Å². The van der Waals surface area contributed by atoms with Crippen LogP contribution in [0.3, 0.4) is 0 Å². The summed E-state index contributed by atoms with van der Waals surface area (Å²) in [6.07, 6.45) is 4.36. The maximum atomic E-state index is 6.22. The molecule has 4 nitrogen and oxygen atoms in total. The van der Waals surface area contributed by atoms with Gasteiger partial charge in [0.2, 0.25) is 5.28 Å². The van der Waals surface area contributed by atoms with Gasteiger partial charge in [-0.3, -0.25) is 0 Å². The summed E-state index contributed by atoms with van der Waals surface area (Å²) in [6, 6.07) is 7.95. The highest BCUT2D eigenvalue weighted by Crippen LogP contribution is 2.41. The molecule has 3 aromatic rings. The number of halogens is 1. The van der Waals surface area contributed by atoms with E-state index in [9.17, 15) is 0 Å². The topological polar surface area (TPSA) is 47.0 Å². The van der Waals surface area contributed by atoms with Gasteiger partial charge in [-0.2, -0.15) is 4.98 Å². The highest BCUT2D eigenvalue weighted by molar-refractivity contribution is 7.19. The zero-order chi connectivity index (χ0) is 18.1. The Labute approximate surface area is 162 Å². The molecule has 0 amide bonds. The summed E-state index contributed by atoms with van der Waals surface area (Å²) in [6.45, 7) is 5.10. The molecule has 0 saturated carbocycles. The molecule has 0 fully saturated rings. The van der Waals surface area contributed by atoms with Gasteiger partial charge in [-0.15, -0.1) is 11.3 Å². The first-order chi connectivity index (χ1) is 12.7. The van der Waals surface area contributed by atoms with Crippen LogP contribution < -0.4 is 10.1 Å². The summed E-state index contributed by atoms with van der Waals surface area (Å²) in [5, 5.41) is 4.85. The number of hydrogen-bond donors (Lipinski definition) is 1. The van der Waals surface area contributed by atoms with Crippen molar-refractivity contribution in [2.75, 3.05) is 11.9 Å². The zero-order valence-corrected chi connectivity index (χ0v) is 16.6. The maximum Gasteiger partial charge on any atom is 0.225 e. The van der Waals surface area contributed by atoms with Crippen molar-refractivity contribution in [1.29, 1.82) is 0 Å². The summed E-state index contributed by atoms with van der Waals surface area (Å²) >= 11 is 7.97. The van der Waals surface area contributed by atoms with E-state index in [0.29, 0.717) is 6.61 Å². The molecule has 0 saturated heterocycles. The molecule has 6 heteroatoms. The van der Waals surface area contributed by atoms with Crippen LogP contribution in [0, 0.1) is 5.92 Å². The molecule has 2 heterocycles. The minimum Gasteiger partial charge on any atom is -0.491 e. The number of nitrogens with one attached hydrogen (secondary N) is 1. The summed E-state index contributed by atoms with van der Waals surface area (Å²) in [4.78, 5) is 11.4. The van der Waals surface area contributed by atoms with Crippen molar-refractivity contribution in [1.82, 2.24) is 9.97 Å².